The largest absolute Gasteiger partial charge is 0.336 e. The van der Waals surface area contributed by atoms with E-state index in [0.717, 1.165) is 25.9 Å². The number of piperidine rings is 1. The lowest BCUT2D eigenvalue weighted by Gasteiger charge is -2.27. The lowest BCUT2D eigenvalue weighted by molar-refractivity contribution is 0.185. The van der Waals surface area contributed by atoms with Crippen molar-refractivity contribution in [3.63, 3.8) is 0 Å². The Kier molecular flexibility index (Phi) is 4.88. The summed E-state index contributed by atoms with van der Waals surface area (Å²) in [5.41, 5.74) is 5.86. The fourth-order valence-electron chi connectivity index (χ4n) is 1.65. The molecule has 1 heterocycles. The second kappa shape index (κ2) is 5.95. The van der Waals surface area contributed by atoms with Gasteiger partial charge in [0.2, 0.25) is 0 Å². The average Bonchev–Trinajstić information content (AvgIpc) is 2.26. The first-order valence-electron chi connectivity index (χ1n) is 5.89. The molecular formula is C11H23N3O. The summed E-state index contributed by atoms with van der Waals surface area (Å²) in [5.74, 6) is 0.409. The van der Waals surface area contributed by atoms with Crippen LogP contribution < -0.4 is 11.1 Å². The first-order valence-corrected chi connectivity index (χ1v) is 5.89. The van der Waals surface area contributed by atoms with Crippen molar-refractivity contribution in [3.8, 4) is 0 Å². The van der Waals surface area contributed by atoms with Crippen molar-refractivity contribution in [2.45, 2.75) is 39.2 Å². The van der Waals surface area contributed by atoms with E-state index >= 15 is 0 Å². The molecule has 0 spiro atoms. The highest BCUT2D eigenvalue weighted by atomic mass is 16.2. The molecule has 0 aromatic carbocycles. The zero-order valence-corrected chi connectivity index (χ0v) is 9.83. The highest BCUT2D eigenvalue weighted by molar-refractivity contribution is 5.74. The van der Waals surface area contributed by atoms with Crippen LogP contribution in [0.25, 0.3) is 0 Å². The van der Waals surface area contributed by atoms with Gasteiger partial charge in [0, 0.05) is 25.7 Å². The van der Waals surface area contributed by atoms with Gasteiger partial charge in [0.1, 0.15) is 0 Å². The fraction of sp³-hybridized carbons (Fsp3) is 0.909. The Morgan fingerprint density at radius 3 is 2.47 bits per heavy atom. The van der Waals surface area contributed by atoms with Gasteiger partial charge in [-0.15, -0.1) is 0 Å². The maximum absolute atomic E-state index is 11.7. The monoisotopic (exact) mass is 213 g/mol. The van der Waals surface area contributed by atoms with Gasteiger partial charge in [0.25, 0.3) is 0 Å². The molecule has 88 valence electrons. The highest BCUT2D eigenvalue weighted by Crippen LogP contribution is 2.08. The minimum atomic E-state index is 0.0470. The molecule has 0 aromatic heterocycles. The molecule has 2 amide bonds. The van der Waals surface area contributed by atoms with Crippen LogP contribution in [0.4, 0.5) is 4.79 Å². The van der Waals surface area contributed by atoms with Gasteiger partial charge in [-0.1, -0.05) is 13.8 Å². The first-order chi connectivity index (χ1) is 7.11. The van der Waals surface area contributed by atoms with Crippen molar-refractivity contribution in [2.75, 3.05) is 19.6 Å². The van der Waals surface area contributed by atoms with E-state index in [9.17, 15) is 4.79 Å². The third-order valence-corrected chi connectivity index (χ3v) is 2.99. The summed E-state index contributed by atoms with van der Waals surface area (Å²) < 4.78 is 0. The number of amides is 2. The molecule has 1 aliphatic heterocycles. The Morgan fingerprint density at radius 1 is 1.33 bits per heavy atom. The molecule has 1 fully saturated rings. The van der Waals surface area contributed by atoms with Crippen LogP contribution in [0.2, 0.25) is 0 Å². The molecule has 15 heavy (non-hydrogen) atoms. The molecule has 1 atom stereocenters. The summed E-state index contributed by atoms with van der Waals surface area (Å²) in [6, 6.07) is 0.101. The molecule has 0 bridgehead atoms. The quantitative estimate of drug-likeness (QED) is 0.739. The molecule has 0 radical (unpaired) electrons. The number of likely N-dealkylation sites (tertiary alicyclic amines) is 1. The van der Waals surface area contributed by atoms with Crippen molar-refractivity contribution >= 4 is 6.03 Å². The van der Waals surface area contributed by atoms with Crippen molar-refractivity contribution in [2.24, 2.45) is 11.7 Å². The van der Waals surface area contributed by atoms with E-state index in [1.54, 1.807) is 0 Å². The van der Waals surface area contributed by atoms with Crippen LogP contribution in [0.5, 0.6) is 0 Å². The van der Waals surface area contributed by atoms with Gasteiger partial charge >= 0.3 is 6.03 Å². The van der Waals surface area contributed by atoms with Gasteiger partial charge in [-0.25, -0.2) is 4.79 Å². The number of carbonyl (C=O) groups excluding carboxylic acids is 1. The molecule has 1 saturated heterocycles. The molecule has 1 unspecified atom stereocenters. The summed E-state index contributed by atoms with van der Waals surface area (Å²) in [4.78, 5) is 13.6. The summed E-state index contributed by atoms with van der Waals surface area (Å²) >= 11 is 0. The van der Waals surface area contributed by atoms with Crippen LogP contribution in [-0.2, 0) is 0 Å². The molecular weight excluding hydrogens is 190 g/mol. The number of hydrogen-bond donors (Lipinski definition) is 2. The summed E-state index contributed by atoms with van der Waals surface area (Å²) in [6.07, 6.45) is 3.50. The van der Waals surface area contributed by atoms with Crippen LogP contribution in [0.3, 0.4) is 0 Å². The number of nitrogens with zero attached hydrogens (tertiary/aromatic N) is 1. The molecule has 0 saturated carbocycles. The van der Waals surface area contributed by atoms with Gasteiger partial charge in [-0.3, -0.25) is 0 Å². The topological polar surface area (TPSA) is 58.4 Å². The van der Waals surface area contributed by atoms with Gasteiger partial charge in [-0.05, 0) is 25.2 Å². The zero-order chi connectivity index (χ0) is 11.3. The molecule has 0 aromatic rings. The van der Waals surface area contributed by atoms with Crippen molar-refractivity contribution in [1.82, 2.24) is 10.2 Å². The van der Waals surface area contributed by atoms with Gasteiger partial charge in [0.05, 0.1) is 0 Å². The number of urea groups is 1. The van der Waals surface area contributed by atoms with Crippen molar-refractivity contribution < 1.29 is 4.79 Å². The number of nitrogens with one attached hydrogen (secondary N) is 1. The second-order valence-electron chi connectivity index (χ2n) is 4.64. The van der Waals surface area contributed by atoms with Crippen LogP contribution in [-0.4, -0.2) is 36.6 Å². The predicted molar refractivity (Wildman–Crippen MR) is 61.6 cm³/mol. The van der Waals surface area contributed by atoms with Gasteiger partial charge < -0.3 is 16.0 Å². The fourth-order valence-corrected chi connectivity index (χ4v) is 1.65. The van der Waals surface area contributed by atoms with E-state index in [0.29, 0.717) is 12.5 Å². The summed E-state index contributed by atoms with van der Waals surface area (Å²) in [6.45, 7) is 6.49. The lowest BCUT2D eigenvalue weighted by Crippen LogP contribution is -2.47. The van der Waals surface area contributed by atoms with Gasteiger partial charge in [-0.2, -0.15) is 0 Å². The molecule has 1 aliphatic rings. The third-order valence-electron chi connectivity index (χ3n) is 2.99. The summed E-state index contributed by atoms with van der Waals surface area (Å²) in [7, 11) is 0. The molecule has 1 rings (SSSR count). The first kappa shape index (κ1) is 12.3. The number of nitrogens with two attached hydrogens (primary N) is 1. The Bertz CT molecular complexity index is 200. The Labute approximate surface area is 92.2 Å². The summed E-state index contributed by atoms with van der Waals surface area (Å²) in [5, 5.41) is 2.90. The van der Waals surface area contributed by atoms with E-state index in [4.69, 9.17) is 5.73 Å². The SMILES string of the molecule is CC(C)C(N)CNC(=O)N1CCCCC1. The lowest BCUT2D eigenvalue weighted by atomic mass is 10.1. The number of hydrogen-bond acceptors (Lipinski definition) is 2. The molecule has 0 aliphatic carbocycles. The molecule has 4 nitrogen and oxygen atoms in total. The zero-order valence-electron chi connectivity index (χ0n) is 9.83. The second-order valence-corrected chi connectivity index (χ2v) is 4.64. The van der Waals surface area contributed by atoms with Crippen LogP contribution in [0, 0.1) is 5.92 Å². The van der Waals surface area contributed by atoms with E-state index in [1.807, 2.05) is 4.90 Å². The average molecular weight is 213 g/mol. The normalized spacial score (nSPS) is 19.1. The Morgan fingerprint density at radius 2 is 1.93 bits per heavy atom. The number of carbonyl (C=O) groups is 1. The van der Waals surface area contributed by atoms with E-state index < -0.39 is 0 Å². The van der Waals surface area contributed by atoms with Gasteiger partial charge in [0.15, 0.2) is 0 Å². The Hall–Kier alpha value is -0.770. The standard InChI is InChI=1S/C11H23N3O/c1-9(2)10(12)8-13-11(15)14-6-4-3-5-7-14/h9-10H,3-8,12H2,1-2H3,(H,13,15). The van der Waals surface area contributed by atoms with E-state index in [2.05, 4.69) is 19.2 Å². The minimum absolute atomic E-state index is 0.0470. The molecule has 4 heteroatoms. The predicted octanol–water partition coefficient (Wildman–Crippen LogP) is 1.17. The maximum Gasteiger partial charge on any atom is 0.317 e. The minimum Gasteiger partial charge on any atom is -0.336 e. The van der Waals surface area contributed by atoms with Crippen LogP contribution >= 0.6 is 0 Å². The Balaban J connectivity index is 2.22. The van der Waals surface area contributed by atoms with Crippen LogP contribution in [0.1, 0.15) is 33.1 Å². The maximum atomic E-state index is 11.7. The van der Waals surface area contributed by atoms with E-state index in [1.165, 1.54) is 6.42 Å². The van der Waals surface area contributed by atoms with Crippen molar-refractivity contribution in [3.05, 3.63) is 0 Å². The smallest absolute Gasteiger partial charge is 0.317 e. The number of rotatable bonds is 3. The third kappa shape index (κ3) is 4.08. The highest BCUT2D eigenvalue weighted by Gasteiger charge is 2.17. The van der Waals surface area contributed by atoms with Crippen molar-refractivity contribution in [1.29, 1.82) is 0 Å². The van der Waals surface area contributed by atoms with Crippen LogP contribution in [0.15, 0.2) is 0 Å². The molecule has 3 N–H and O–H groups in total. The van der Waals surface area contributed by atoms with E-state index in [-0.39, 0.29) is 12.1 Å².